The van der Waals surface area contributed by atoms with Crippen LogP contribution >= 0.6 is 11.3 Å². The van der Waals surface area contributed by atoms with E-state index in [2.05, 4.69) is 16.8 Å². The van der Waals surface area contributed by atoms with E-state index in [4.69, 9.17) is 4.74 Å². The van der Waals surface area contributed by atoms with Crippen molar-refractivity contribution in [1.82, 2.24) is 10.2 Å². The molecule has 104 valence electrons. The molecule has 0 bridgehead atoms. The van der Waals surface area contributed by atoms with Crippen molar-refractivity contribution in [3.05, 3.63) is 22.4 Å². The molecule has 1 aromatic heterocycles. The normalized spacial score (nSPS) is 31.3. The predicted octanol–water partition coefficient (Wildman–Crippen LogP) is 2.14. The van der Waals surface area contributed by atoms with Crippen molar-refractivity contribution in [2.45, 2.75) is 44.5 Å². The number of thiophene rings is 1. The topological polar surface area (TPSA) is 41.6 Å². The number of amides is 1. The Morgan fingerprint density at radius 3 is 3.16 bits per heavy atom. The van der Waals surface area contributed by atoms with Crippen LogP contribution < -0.4 is 5.32 Å². The molecule has 0 aromatic carbocycles. The fourth-order valence-electron chi connectivity index (χ4n) is 2.85. The zero-order valence-corrected chi connectivity index (χ0v) is 12.0. The lowest BCUT2D eigenvalue weighted by Gasteiger charge is -2.24. The van der Waals surface area contributed by atoms with Crippen molar-refractivity contribution in [2.24, 2.45) is 0 Å². The van der Waals surface area contributed by atoms with E-state index in [9.17, 15) is 4.79 Å². The standard InChI is InChI=1S/C14H20N2O2S/c1-10-14(17)16(7-6-11-4-2-8-18-11)13(15-10)12-5-3-9-19-12/h3,5,9-11,13,15H,2,4,6-8H2,1H3. The Kier molecular flexibility index (Phi) is 3.86. The Balaban J connectivity index is 1.67. The molecule has 1 aromatic rings. The Morgan fingerprint density at radius 1 is 1.58 bits per heavy atom. The maximum absolute atomic E-state index is 12.2. The first kappa shape index (κ1) is 13.1. The smallest absolute Gasteiger partial charge is 0.241 e. The van der Waals surface area contributed by atoms with E-state index in [1.54, 1.807) is 11.3 Å². The molecule has 2 aliphatic heterocycles. The van der Waals surface area contributed by atoms with Crippen LogP contribution in [0.15, 0.2) is 17.5 Å². The van der Waals surface area contributed by atoms with Gasteiger partial charge in [0.15, 0.2) is 0 Å². The van der Waals surface area contributed by atoms with Crippen LogP contribution in [0.1, 0.15) is 37.2 Å². The average Bonchev–Trinajstić information content (AvgIpc) is 3.12. The molecule has 3 rings (SSSR count). The minimum absolute atomic E-state index is 0.0453. The maximum atomic E-state index is 12.2. The third-order valence-electron chi connectivity index (χ3n) is 3.90. The molecular weight excluding hydrogens is 260 g/mol. The molecule has 3 atom stereocenters. The van der Waals surface area contributed by atoms with Gasteiger partial charge >= 0.3 is 0 Å². The van der Waals surface area contributed by atoms with Crippen molar-refractivity contribution in [2.75, 3.05) is 13.2 Å². The summed E-state index contributed by atoms with van der Waals surface area (Å²) >= 11 is 1.70. The van der Waals surface area contributed by atoms with Crippen LogP contribution in [-0.4, -0.2) is 36.1 Å². The van der Waals surface area contributed by atoms with Crippen molar-refractivity contribution in [3.8, 4) is 0 Å². The Hall–Kier alpha value is -0.910. The Bertz CT molecular complexity index is 429. The van der Waals surface area contributed by atoms with Gasteiger partial charge in [-0.15, -0.1) is 11.3 Å². The summed E-state index contributed by atoms with van der Waals surface area (Å²) in [6.07, 6.45) is 3.62. The van der Waals surface area contributed by atoms with Gasteiger partial charge in [0, 0.05) is 18.0 Å². The molecule has 19 heavy (non-hydrogen) atoms. The lowest BCUT2D eigenvalue weighted by Crippen LogP contribution is -2.32. The number of hydrogen-bond donors (Lipinski definition) is 1. The molecule has 0 spiro atoms. The highest BCUT2D eigenvalue weighted by Gasteiger charge is 2.37. The van der Waals surface area contributed by atoms with Gasteiger partial charge < -0.3 is 9.64 Å². The highest BCUT2D eigenvalue weighted by molar-refractivity contribution is 7.10. The molecule has 0 radical (unpaired) electrons. The van der Waals surface area contributed by atoms with Crippen LogP contribution in [0.25, 0.3) is 0 Å². The average molecular weight is 280 g/mol. The third-order valence-corrected chi connectivity index (χ3v) is 4.83. The monoisotopic (exact) mass is 280 g/mol. The predicted molar refractivity (Wildman–Crippen MR) is 75.0 cm³/mol. The molecule has 2 saturated heterocycles. The van der Waals surface area contributed by atoms with Gasteiger partial charge in [-0.3, -0.25) is 10.1 Å². The Morgan fingerprint density at radius 2 is 2.47 bits per heavy atom. The van der Waals surface area contributed by atoms with Gasteiger partial charge in [0.05, 0.1) is 12.1 Å². The first-order valence-electron chi connectivity index (χ1n) is 6.97. The molecule has 5 heteroatoms. The number of carbonyl (C=O) groups excluding carboxylic acids is 1. The second-order valence-corrected chi connectivity index (χ2v) is 6.24. The van der Waals surface area contributed by atoms with Gasteiger partial charge in [0.1, 0.15) is 6.17 Å². The fourth-order valence-corrected chi connectivity index (χ4v) is 3.65. The number of nitrogens with one attached hydrogen (secondary N) is 1. The first-order valence-corrected chi connectivity index (χ1v) is 7.85. The first-order chi connectivity index (χ1) is 9.25. The summed E-state index contributed by atoms with van der Waals surface area (Å²) < 4.78 is 5.65. The largest absolute Gasteiger partial charge is 0.378 e. The van der Waals surface area contributed by atoms with E-state index < -0.39 is 0 Å². The van der Waals surface area contributed by atoms with Gasteiger partial charge in [-0.1, -0.05) is 6.07 Å². The SMILES string of the molecule is CC1NC(c2cccs2)N(CCC2CCCO2)C1=O. The summed E-state index contributed by atoms with van der Waals surface area (Å²) in [5, 5.41) is 5.44. The molecular formula is C14H20N2O2S. The van der Waals surface area contributed by atoms with Gasteiger partial charge in [0.25, 0.3) is 0 Å². The van der Waals surface area contributed by atoms with Crippen LogP contribution in [0, 0.1) is 0 Å². The summed E-state index contributed by atoms with van der Waals surface area (Å²) in [5.41, 5.74) is 0. The van der Waals surface area contributed by atoms with E-state index in [1.807, 2.05) is 17.9 Å². The van der Waals surface area contributed by atoms with E-state index in [0.717, 1.165) is 32.4 Å². The van der Waals surface area contributed by atoms with E-state index in [0.29, 0.717) is 6.10 Å². The quantitative estimate of drug-likeness (QED) is 0.918. The Labute approximate surface area is 117 Å². The molecule has 2 fully saturated rings. The van der Waals surface area contributed by atoms with Gasteiger partial charge in [0.2, 0.25) is 5.91 Å². The third kappa shape index (κ3) is 2.68. The molecule has 1 N–H and O–H groups in total. The molecule has 1 amide bonds. The lowest BCUT2D eigenvalue weighted by molar-refractivity contribution is -0.130. The molecule has 0 aliphatic carbocycles. The minimum atomic E-state index is -0.0865. The van der Waals surface area contributed by atoms with Crippen molar-refractivity contribution < 1.29 is 9.53 Å². The summed E-state index contributed by atoms with van der Waals surface area (Å²) in [6, 6.07) is 4.04. The molecule has 3 unspecified atom stereocenters. The molecule has 2 aliphatic rings. The second kappa shape index (κ2) is 5.61. The number of ether oxygens (including phenoxy) is 1. The number of hydrogen-bond acceptors (Lipinski definition) is 4. The summed E-state index contributed by atoms with van der Waals surface area (Å²) in [5.74, 6) is 0.205. The van der Waals surface area contributed by atoms with Gasteiger partial charge in [-0.25, -0.2) is 0 Å². The molecule has 4 nitrogen and oxygen atoms in total. The van der Waals surface area contributed by atoms with E-state index >= 15 is 0 Å². The summed E-state index contributed by atoms with van der Waals surface area (Å²) in [7, 11) is 0. The van der Waals surface area contributed by atoms with Gasteiger partial charge in [-0.2, -0.15) is 0 Å². The van der Waals surface area contributed by atoms with Crippen LogP contribution in [-0.2, 0) is 9.53 Å². The van der Waals surface area contributed by atoms with E-state index in [-0.39, 0.29) is 18.1 Å². The highest BCUT2D eigenvalue weighted by Crippen LogP contribution is 2.29. The molecule has 3 heterocycles. The van der Waals surface area contributed by atoms with Crippen molar-refractivity contribution >= 4 is 17.2 Å². The van der Waals surface area contributed by atoms with Crippen LogP contribution in [0.3, 0.4) is 0 Å². The van der Waals surface area contributed by atoms with Crippen molar-refractivity contribution in [1.29, 1.82) is 0 Å². The maximum Gasteiger partial charge on any atom is 0.241 e. The van der Waals surface area contributed by atoms with E-state index in [1.165, 1.54) is 4.88 Å². The van der Waals surface area contributed by atoms with Crippen LogP contribution in [0.4, 0.5) is 0 Å². The minimum Gasteiger partial charge on any atom is -0.378 e. The highest BCUT2D eigenvalue weighted by atomic mass is 32.1. The summed E-state index contributed by atoms with van der Waals surface area (Å²) in [4.78, 5) is 15.4. The van der Waals surface area contributed by atoms with Crippen molar-refractivity contribution in [3.63, 3.8) is 0 Å². The number of nitrogens with zero attached hydrogens (tertiary/aromatic N) is 1. The lowest BCUT2D eigenvalue weighted by atomic mass is 10.1. The number of carbonyl (C=O) groups is 1. The summed E-state index contributed by atoms with van der Waals surface area (Å²) in [6.45, 7) is 3.60. The fraction of sp³-hybridized carbons (Fsp3) is 0.643. The van der Waals surface area contributed by atoms with Gasteiger partial charge in [-0.05, 0) is 37.6 Å². The zero-order chi connectivity index (χ0) is 13.2. The second-order valence-electron chi connectivity index (χ2n) is 5.26. The van der Waals surface area contributed by atoms with Crippen LogP contribution in [0.5, 0.6) is 0 Å². The van der Waals surface area contributed by atoms with Crippen LogP contribution in [0.2, 0.25) is 0 Å². The number of rotatable bonds is 4. The molecule has 0 saturated carbocycles. The zero-order valence-electron chi connectivity index (χ0n) is 11.2.